The zero-order valence-corrected chi connectivity index (χ0v) is 11.0. The van der Waals surface area contributed by atoms with Gasteiger partial charge in [0.2, 0.25) is 0 Å². The molecular weight excluding hydrogens is 244 g/mol. The molecule has 1 aromatic carbocycles. The predicted molar refractivity (Wildman–Crippen MR) is 74.0 cm³/mol. The van der Waals surface area contributed by atoms with Crippen LogP contribution in [0.25, 0.3) is 17.0 Å². The normalized spacial score (nSPS) is 11.3. The average molecular weight is 258 g/mol. The molecule has 5 heteroatoms. The van der Waals surface area contributed by atoms with E-state index in [1.165, 1.54) is 19.1 Å². The number of aryl methyl sites for hydroxylation is 1. The van der Waals surface area contributed by atoms with Crippen LogP contribution in [0.4, 0.5) is 5.69 Å². The average Bonchev–Trinajstić information content (AvgIpc) is 2.59. The number of carbonyl (C=O) groups is 1. The molecule has 0 bridgehead atoms. The van der Waals surface area contributed by atoms with Crippen molar-refractivity contribution in [2.45, 2.75) is 13.8 Å². The smallest absolute Gasteiger partial charge is 0.270 e. The number of hydrogen-bond acceptors (Lipinski definition) is 3. The molecule has 0 unspecified atom stereocenters. The first kappa shape index (κ1) is 13.0. The van der Waals surface area contributed by atoms with E-state index in [-0.39, 0.29) is 11.5 Å². The van der Waals surface area contributed by atoms with E-state index < -0.39 is 4.92 Å². The van der Waals surface area contributed by atoms with Crippen LogP contribution < -0.4 is 0 Å². The third kappa shape index (κ3) is 2.27. The molecule has 0 atom stereocenters. The Balaban J connectivity index is 2.73. The Hall–Kier alpha value is -2.43. The van der Waals surface area contributed by atoms with Crippen molar-refractivity contribution in [1.29, 1.82) is 0 Å². The Morgan fingerprint density at radius 1 is 1.42 bits per heavy atom. The quantitative estimate of drug-likeness (QED) is 0.483. The number of ketones is 1. The number of non-ortho nitro benzene ring substituents is 1. The number of nitrogens with zero attached hydrogens (tertiary/aromatic N) is 2. The summed E-state index contributed by atoms with van der Waals surface area (Å²) in [4.78, 5) is 21.5. The first-order valence-electron chi connectivity index (χ1n) is 5.84. The molecule has 0 aliphatic heterocycles. The molecule has 0 N–H and O–H groups in total. The highest BCUT2D eigenvalue weighted by atomic mass is 16.6. The number of nitro benzene ring substituents is 1. The molecule has 0 fully saturated rings. The van der Waals surface area contributed by atoms with Crippen LogP contribution in [0.3, 0.4) is 0 Å². The summed E-state index contributed by atoms with van der Waals surface area (Å²) in [6.45, 7) is 3.39. The molecule has 0 saturated heterocycles. The first-order chi connectivity index (χ1) is 8.91. The van der Waals surface area contributed by atoms with Crippen LogP contribution in [0, 0.1) is 17.0 Å². The Morgan fingerprint density at radius 2 is 2.11 bits per heavy atom. The number of hydrogen-bond donors (Lipinski definition) is 0. The van der Waals surface area contributed by atoms with Crippen LogP contribution in [0.1, 0.15) is 18.2 Å². The molecular formula is C14H14N2O3. The maximum Gasteiger partial charge on any atom is 0.270 e. The van der Waals surface area contributed by atoms with E-state index in [1.807, 2.05) is 18.5 Å². The van der Waals surface area contributed by atoms with Gasteiger partial charge in [-0.1, -0.05) is 0 Å². The summed E-state index contributed by atoms with van der Waals surface area (Å²) in [5.74, 6) is -0.0539. The summed E-state index contributed by atoms with van der Waals surface area (Å²) in [5, 5.41) is 11.6. The number of aromatic nitrogens is 1. The standard InChI is InChI=1S/C14H14N2O3/c1-9(17)4-6-12-10(2)15(3)14-7-5-11(16(18)19)8-13(12)14/h4-8H,1-3H3/b6-4-. The largest absolute Gasteiger partial charge is 0.347 e. The second-order valence-corrected chi connectivity index (χ2v) is 4.46. The molecule has 1 heterocycles. The van der Waals surface area contributed by atoms with Crippen molar-refractivity contribution in [3.63, 3.8) is 0 Å². The molecule has 98 valence electrons. The second-order valence-electron chi connectivity index (χ2n) is 4.46. The molecule has 0 aliphatic rings. The third-order valence-electron chi connectivity index (χ3n) is 3.22. The van der Waals surface area contributed by atoms with Crippen molar-refractivity contribution >= 4 is 28.4 Å². The van der Waals surface area contributed by atoms with Gasteiger partial charge in [-0.25, -0.2) is 0 Å². The fourth-order valence-corrected chi connectivity index (χ4v) is 2.11. The molecule has 2 aromatic rings. The van der Waals surface area contributed by atoms with Gasteiger partial charge in [0.05, 0.1) is 4.92 Å². The monoisotopic (exact) mass is 258 g/mol. The topological polar surface area (TPSA) is 65.1 Å². The lowest BCUT2D eigenvalue weighted by atomic mass is 10.1. The van der Waals surface area contributed by atoms with Gasteiger partial charge in [0.1, 0.15) is 0 Å². The van der Waals surface area contributed by atoms with Gasteiger partial charge in [-0.05, 0) is 32.1 Å². The fourth-order valence-electron chi connectivity index (χ4n) is 2.11. The van der Waals surface area contributed by atoms with Gasteiger partial charge < -0.3 is 4.57 Å². The molecule has 5 nitrogen and oxygen atoms in total. The SMILES string of the molecule is CC(=O)/C=C\c1c(C)n(C)c2ccc([N+](=O)[O-])cc12. The van der Waals surface area contributed by atoms with Gasteiger partial charge in [-0.15, -0.1) is 0 Å². The van der Waals surface area contributed by atoms with Crippen molar-refractivity contribution in [3.05, 3.63) is 45.6 Å². The van der Waals surface area contributed by atoms with Gasteiger partial charge in [-0.3, -0.25) is 14.9 Å². The van der Waals surface area contributed by atoms with E-state index in [1.54, 1.807) is 18.2 Å². The van der Waals surface area contributed by atoms with Crippen molar-refractivity contribution in [2.24, 2.45) is 7.05 Å². The molecule has 2 rings (SSSR count). The maximum atomic E-state index is 11.0. The third-order valence-corrected chi connectivity index (χ3v) is 3.22. The number of nitro groups is 1. The Morgan fingerprint density at radius 3 is 2.68 bits per heavy atom. The second kappa shape index (κ2) is 4.68. The van der Waals surface area contributed by atoms with Crippen LogP contribution in [0.15, 0.2) is 24.3 Å². The number of fused-ring (bicyclic) bond motifs is 1. The lowest BCUT2D eigenvalue weighted by Crippen LogP contribution is -1.90. The minimum absolute atomic E-state index is 0.0515. The zero-order valence-electron chi connectivity index (χ0n) is 11.0. The molecule has 1 aromatic heterocycles. The van der Waals surface area contributed by atoms with Crippen molar-refractivity contribution in [1.82, 2.24) is 4.57 Å². The first-order valence-corrected chi connectivity index (χ1v) is 5.84. The van der Waals surface area contributed by atoms with E-state index in [2.05, 4.69) is 0 Å². The van der Waals surface area contributed by atoms with Gasteiger partial charge in [-0.2, -0.15) is 0 Å². The summed E-state index contributed by atoms with van der Waals surface area (Å²) in [6, 6.07) is 4.76. The summed E-state index contributed by atoms with van der Waals surface area (Å²) in [6.07, 6.45) is 3.18. The predicted octanol–water partition coefficient (Wildman–Crippen LogP) is 3.00. The van der Waals surface area contributed by atoms with Crippen LogP contribution in [-0.2, 0) is 11.8 Å². The van der Waals surface area contributed by atoms with Crippen LogP contribution >= 0.6 is 0 Å². The van der Waals surface area contributed by atoms with Crippen LogP contribution in [0.2, 0.25) is 0 Å². The fraction of sp³-hybridized carbons (Fsp3) is 0.214. The minimum atomic E-state index is -0.416. The van der Waals surface area contributed by atoms with Crippen LogP contribution in [-0.4, -0.2) is 15.3 Å². The van der Waals surface area contributed by atoms with Gasteiger partial charge >= 0.3 is 0 Å². The summed E-state index contributed by atoms with van der Waals surface area (Å²) >= 11 is 0. The van der Waals surface area contributed by atoms with Gasteiger partial charge in [0.15, 0.2) is 5.78 Å². The number of carbonyl (C=O) groups excluding carboxylic acids is 1. The molecule has 0 radical (unpaired) electrons. The Labute approximate surface area is 110 Å². The maximum absolute atomic E-state index is 11.0. The Bertz CT molecular complexity index is 711. The summed E-state index contributed by atoms with van der Waals surface area (Å²) in [7, 11) is 1.90. The highest BCUT2D eigenvalue weighted by Gasteiger charge is 2.14. The number of rotatable bonds is 3. The minimum Gasteiger partial charge on any atom is -0.347 e. The van der Waals surface area contributed by atoms with E-state index in [0.717, 1.165) is 22.2 Å². The van der Waals surface area contributed by atoms with E-state index >= 15 is 0 Å². The van der Waals surface area contributed by atoms with E-state index in [9.17, 15) is 14.9 Å². The Kier molecular flexibility index (Phi) is 3.21. The van der Waals surface area contributed by atoms with Gasteiger partial charge in [0, 0.05) is 41.3 Å². The molecule has 0 saturated carbocycles. The summed E-state index contributed by atoms with van der Waals surface area (Å²) in [5.41, 5.74) is 2.77. The molecule has 0 amide bonds. The highest BCUT2D eigenvalue weighted by Crippen LogP contribution is 2.29. The number of allylic oxidation sites excluding steroid dienone is 1. The highest BCUT2D eigenvalue weighted by molar-refractivity contribution is 5.98. The molecule has 19 heavy (non-hydrogen) atoms. The lowest BCUT2D eigenvalue weighted by Gasteiger charge is -1.97. The lowest BCUT2D eigenvalue weighted by molar-refractivity contribution is -0.384. The zero-order chi connectivity index (χ0) is 14.2. The van der Waals surface area contributed by atoms with E-state index in [4.69, 9.17) is 0 Å². The van der Waals surface area contributed by atoms with Crippen LogP contribution in [0.5, 0.6) is 0 Å². The van der Waals surface area contributed by atoms with Crippen molar-refractivity contribution < 1.29 is 9.72 Å². The summed E-state index contributed by atoms with van der Waals surface area (Å²) < 4.78 is 1.96. The molecule has 0 aliphatic carbocycles. The van der Waals surface area contributed by atoms with Crippen molar-refractivity contribution in [3.8, 4) is 0 Å². The van der Waals surface area contributed by atoms with Gasteiger partial charge in [0.25, 0.3) is 5.69 Å². The number of benzene rings is 1. The van der Waals surface area contributed by atoms with Crippen molar-refractivity contribution in [2.75, 3.05) is 0 Å². The molecule has 0 spiro atoms. The van der Waals surface area contributed by atoms with E-state index in [0.29, 0.717) is 0 Å².